The van der Waals surface area contributed by atoms with E-state index in [0.29, 0.717) is 23.3 Å². The van der Waals surface area contributed by atoms with Crippen LogP contribution in [0.3, 0.4) is 0 Å². The minimum atomic E-state index is -0.918. The van der Waals surface area contributed by atoms with Crippen LogP contribution in [0.4, 0.5) is 0 Å². The van der Waals surface area contributed by atoms with E-state index in [1.165, 1.54) is 10.9 Å². The molecule has 0 atom stereocenters. The van der Waals surface area contributed by atoms with Crippen molar-refractivity contribution in [2.24, 2.45) is 0 Å². The molecule has 0 amide bonds. The fraction of sp³-hybridized carbons (Fsp3) is 0.400. The lowest BCUT2D eigenvalue weighted by Crippen LogP contribution is -2.06. The van der Waals surface area contributed by atoms with Gasteiger partial charge in [-0.3, -0.25) is 4.79 Å². The van der Waals surface area contributed by atoms with Crippen LogP contribution >= 0.6 is 0 Å². The Morgan fingerprint density at radius 3 is 3.12 bits per heavy atom. The van der Waals surface area contributed by atoms with Crippen molar-refractivity contribution in [3.63, 3.8) is 0 Å². The van der Waals surface area contributed by atoms with Crippen molar-refractivity contribution < 1.29 is 14.4 Å². The first-order chi connectivity index (χ1) is 8.22. The quantitative estimate of drug-likeness (QED) is 0.844. The third-order valence-electron chi connectivity index (χ3n) is 2.55. The lowest BCUT2D eigenvalue weighted by atomic mass is 10.4. The number of aliphatic carboxylic acids is 1. The van der Waals surface area contributed by atoms with E-state index in [9.17, 15) is 4.79 Å². The SMILES string of the molecule is O=C(O)Cn1cnc(-c2nc(C3CC3)no2)c1. The van der Waals surface area contributed by atoms with Gasteiger partial charge in [-0.2, -0.15) is 4.98 Å². The molecule has 7 nitrogen and oxygen atoms in total. The third-order valence-corrected chi connectivity index (χ3v) is 2.55. The Hall–Kier alpha value is -2.18. The average molecular weight is 234 g/mol. The van der Waals surface area contributed by atoms with E-state index >= 15 is 0 Å². The Bertz CT molecular complexity index is 555. The van der Waals surface area contributed by atoms with E-state index in [-0.39, 0.29) is 6.54 Å². The van der Waals surface area contributed by atoms with Crippen molar-refractivity contribution in [3.05, 3.63) is 18.3 Å². The van der Waals surface area contributed by atoms with Gasteiger partial charge in [0.15, 0.2) is 5.82 Å². The second kappa shape index (κ2) is 3.69. The summed E-state index contributed by atoms with van der Waals surface area (Å²) in [6.45, 7) is -0.128. The van der Waals surface area contributed by atoms with Crippen molar-refractivity contribution in [2.75, 3.05) is 0 Å². The Morgan fingerprint density at radius 2 is 2.41 bits per heavy atom. The molecule has 88 valence electrons. The molecule has 0 bridgehead atoms. The second-order valence-corrected chi connectivity index (χ2v) is 4.06. The smallest absolute Gasteiger partial charge is 0.323 e. The standard InChI is InChI=1S/C10H10N4O3/c15-8(16)4-14-3-7(11-5-14)10-12-9(13-17-10)6-1-2-6/h3,5-6H,1-2,4H2,(H,15,16). The van der Waals surface area contributed by atoms with E-state index in [1.807, 2.05) is 0 Å². The summed E-state index contributed by atoms with van der Waals surface area (Å²) in [5.74, 6) is 0.565. The van der Waals surface area contributed by atoms with Crippen LogP contribution in [-0.2, 0) is 11.3 Å². The van der Waals surface area contributed by atoms with Crippen molar-refractivity contribution in [1.82, 2.24) is 19.7 Å². The van der Waals surface area contributed by atoms with Crippen molar-refractivity contribution in [3.8, 4) is 11.6 Å². The highest BCUT2D eigenvalue weighted by molar-refractivity contribution is 5.66. The highest BCUT2D eigenvalue weighted by Crippen LogP contribution is 2.38. The summed E-state index contributed by atoms with van der Waals surface area (Å²) >= 11 is 0. The molecular formula is C10H10N4O3. The molecule has 1 fully saturated rings. The molecule has 0 saturated heterocycles. The molecule has 2 aromatic heterocycles. The molecule has 0 spiro atoms. The van der Waals surface area contributed by atoms with Crippen LogP contribution in [0.25, 0.3) is 11.6 Å². The van der Waals surface area contributed by atoms with Crippen molar-refractivity contribution >= 4 is 5.97 Å². The predicted octanol–water partition coefficient (Wildman–Crippen LogP) is 0.895. The molecule has 2 aromatic rings. The molecule has 7 heteroatoms. The summed E-state index contributed by atoms with van der Waals surface area (Å²) in [4.78, 5) is 18.8. The minimum absolute atomic E-state index is 0.128. The molecule has 1 aliphatic rings. The van der Waals surface area contributed by atoms with Gasteiger partial charge in [-0.1, -0.05) is 5.16 Å². The van der Waals surface area contributed by atoms with E-state index in [1.54, 1.807) is 6.20 Å². The first-order valence-electron chi connectivity index (χ1n) is 5.30. The molecule has 1 N–H and O–H groups in total. The number of carbonyl (C=O) groups is 1. The van der Waals surface area contributed by atoms with Crippen LogP contribution in [0.15, 0.2) is 17.0 Å². The van der Waals surface area contributed by atoms with E-state index in [0.717, 1.165) is 12.8 Å². The predicted molar refractivity (Wildman–Crippen MR) is 55.1 cm³/mol. The number of carboxylic acid groups (broad SMARTS) is 1. The number of imidazole rings is 1. The van der Waals surface area contributed by atoms with Crippen LogP contribution in [0, 0.1) is 0 Å². The third kappa shape index (κ3) is 2.03. The second-order valence-electron chi connectivity index (χ2n) is 4.06. The lowest BCUT2D eigenvalue weighted by Gasteiger charge is -1.92. The maximum Gasteiger partial charge on any atom is 0.323 e. The number of hydrogen-bond donors (Lipinski definition) is 1. The fourth-order valence-corrected chi connectivity index (χ4v) is 1.56. The summed E-state index contributed by atoms with van der Waals surface area (Å²) < 4.78 is 6.54. The van der Waals surface area contributed by atoms with E-state index < -0.39 is 5.97 Å². The van der Waals surface area contributed by atoms with Crippen LogP contribution in [0.5, 0.6) is 0 Å². The number of aromatic nitrogens is 4. The van der Waals surface area contributed by atoms with Crippen LogP contribution in [0.1, 0.15) is 24.6 Å². The minimum Gasteiger partial charge on any atom is -0.480 e. The zero-order chi connectivity index (χ0) is 11.8. The molecule has 1 saturated carbocycles. The van der Waals surface area contributed by atoms with Gasteiger partial charge in [0.05, 0.1) is 6.33 Å². The van der Waals surface area contributed by atoms with E-state index in [4.69, 9.17) is 9.63 Å². The Morgan fingerprint density at radius 1 is 1.59 bits per heavy atom. The molecule has 0 aliphatic heterocycles. The molecule has 2 heterocycles. The Kier molecular flexibility index (Phi) is 2.17. The van der Waals surface area contributed by atoms with Crippen LogP contribution in [0.2, 0.25) is 0 Å². The average Bonchev–Trinajstić information content (AvgIpc) is 2.84. The molecule has 0 aromatic carbocycles. The molecular weight excluding hydrogens is 224 g/mol. The summed E-state index contributed by atoms with van der Waals surface area (Å²) in [6, 6.07) is 0. The topological polar surface area (TPSA) is 94.0 Å². The van der Waals surface area contributed by atoms with Gasteiger partial charge in [0.25, 0.3) is 5.89 Å². The fourth-order valence-electron chi connectivity index (χ4n) is 1.56. The number of nitrogens with zero attached hydrogens (tertiary/aromatic N) is 4. The number of hydrogen-bond acceptors (Lipinski definition) is 5. The summed E-state index contributed by atoms with van der Waals surface area (Å²) in [5.41, 5.74) is 0.505. The van der Waals surface area contributed by atoms with Gasteiger partial charge in [0.1, 0.15) is 12.2 Å². The molecule has 0 unspecified atom stereocenters. The Balaban J connectivity index is 1.81. The van der Waals surface area contributed by atoms with Gasteiger partial charge in [0, 0.05) is 12.1 Å². The van der Waals surface area contributed by atoms with Crippen molar-refractivity contribution in [1.29, 1.82) is 0 Å². The Labute approximate surface area is 96.1 Å². The normalized spacial score (nSPS) is 15.1. The monoisotopic (exact) mass is 234 g/mol. The zero-order valence-corrected chi connectivity index (χ0v) is 8.91. The van der Waals surface area contributed by atoms with Gasteiger partial charge < -0.3 is 14.2 Å². The van der Waals surface area contributed by atoms with Gasteiger partial charge in [-0.15, -0.1) is 0 Å². The summed E-state index contributed by atoms with van der Waals surface area (Å²) in [5, 5.41) is 12.5. The van der Waals surface area contributed by atoms with Gasteiger partial charge in [-0.25, -0.2) is 4.98 Å². The highest BCUT2D eigenvalue weighted by atomic mass is 16.5. The van der Waals surface area contributed by atoms with Crippen LogP contribution < -0.4 is 0 Å². The molecule has 3 rings (SSSR count). The van der Waals surface area contributed by atoms with Crippen LogP contribution in [-0.4, -0.2) is 30.8 Å². The van der Waals surface area contributed by atoms with Crippen molar-refractivity contribution in [2.45, 2.75) is 25.3 Å². The first kappa shape index (κ1) is 10.0. The first-order valence-corrected chi connectivity index (χ1v) is 5.30. The molecule has 1 aliphatic carbocycles. The summed E-state index contributed by atoms with van der Waals surface area (Å²) in [6.07, 6.45) is 5.22. The molecule has 0 radical (unpaired) electrons. The largest absolute Gasteiger partial charge is 0.480 e. The van der Waals surface area contributed by atoms with Gasteiger partial charge in [-0.05, 0) is 12.8 Å². The lowest BCUT2D eigenvalue weighted by molar-refractivity contribution is -0.137. The van der Waals surface area contributed by atoms with E-state index in [2.05, 4.69) is 15.1 Å². The number of rotatable bonds is 4. The number of carboxylic acids is 1. The molecule has 17 heavy (non-hydrogen) atoms. The van der Waals surface area contributed by atoms with Gasteiger partial charge in [0.2, 0.25) is 0 Å². The van der Waals surface area contributed by atoms with Gasteiger partial charge >= 0.3 is 5.97 Å². The maximum atomic E-state index is 10.5. The maximum absolute atomic E-state index is 10.5. The summed E-state index contributed by atoms with van der Waals surface area (Å²) in [7, 11) is 0. The zero-order valence-electron chi connectivity index (χ0n) is 8.91. The highest BCUT2D eigenvalue weighted by Gasteiger charge is 2.29.